The highest BCUT2D eigenvalue weighted by atomic mass is 16.5. The van der Waals surface area contributed by atoms with Gasteiger partial charge in [0.15, 0.2) is 6.61 Å². The number of esters is 1. The van der Waals surface area contributed by atoms with Crippen molar-refractivity contribution in [2.45, 2.75) is 13.5 Å². The molecule has 0 fully saturated rings. The summed E-state index contributed by atoms with van der Waals surface area (Å²) in [7, 11) is 0. The van der Waals surface area contributed by atoms with E-state index in [0.29, 0.717) is 12.2 Å². The number of aromatic nitrogens is 1. The average Bonchev–Trinajstić information content (AvgIpc) is 2.66. The molecule has 0 bridgehead atoms. The number of nitrogens with two attached hydrogens (primary N) is 2. The topological polar surface area (TPSA) is 129 Å². The second-order valence-corrected chi connectivity index (χ2v) is 3.43. The van der Waals surface area contributed by atoms with Crippen LogP contribution in [0, 0.1) is 0 Å². The fourth-order valence-corrected chi connectivity index (χ4v) is 1.34. The predicted octanol–water partition coefficient (Wildman–Crippen LogP) is -0.558. The lowest BCUT2D eigenvalue weighted by Gasteiger charge is -2.06. The summed E-state index contributed by atoms with van der Waals surface area (Å²) in [6, 6.07) is 0.440. The van der Waals surface area contributed by atoms with Gasteiger partial charge in [-0.2, -0.15) is 0 Å². The fourth-order valence-electron chi connectivity index (χ4n) is 1.34. The van der Waals surface area contributed by atoms with E-state index in [0.717, 1.165) is 0 Å². The first-order valence-corrected chi connectivity index (χ1v) is 5.16. The number of aryl methyl sites for hydroxylation is 1. The Balaban J connectivity index is 2.60. The van der Waals surface area contributed by atoms with Gasteiger partial charge in [-0.25, -0.2) is 9.59 Å². The van der Waals surface area contributed by atoms with E-state index in [1.54, 1.807) is 16.1 Å². The maximum atomic E-state index is 11.6. The number of ether oxygens (including phenoxy) is 1. The van der Waals surface area contributed by atoms with E-state index in [-0.39, 0.29) is 5.69 Å². The maximum Gasteiger partial charge on any atom is 0.355 e. The van der Waals surface area contributed by atoms with Gasteiger partial charge < -0.3 is 20.8 Å². The molecule has 8 nitrogen and oxygen atoms in total. The number of amides is 3. The lowest BCUT2D eigenvalue weighted by molar-refractivity contribution is -0.123. The summed E-state index contributed by atoms with van der Waals surface area (Å²) in [5.74, 6) is -1.49. The van der Waals surface area contributed by atoms with Crippen LogP contribution in [0.3, 0.4) is 0 Å². The van der Waals surface area contributed by atoms with E-state index in [2.05, 4.69) is 0 Å². The van der Waals surface area contributed by atoms with Gasteiger partial charge in [0.1, 0.15) is 5.69 Å². The summed E-state index contributed by atoms with van der Waals surface area (Å²) in [5, 5.41) is 1.77. The number of nitrogen functional groups attached to an aromatic ring is 1. The quantitative estimate of drug-likeness (QED) is 0.620. The van der Waals surface area contributed by atoms with Gasteiger partial charge >= 0.3 is 12.0 Å². The molecule has 5 N–H and O–H groups in total. The molecule has 1 heterocycles. The minimum atomic E-state index is -1.00. The average molecular weight is 254 g/mol. The first-order chi connectivity index (χ1) is 8.43. The predicted molar refractivity (Wildman–Crippen MR) is 62.5 cm³/mol. The number of rotatable bonds is 4. The van der Waals surface area contributed by atoms with Gasteiger partial charge in [0.25, 0.3) is 5.91 Å². The number of imide groups is 1. The number of primary amides is 1. The summed E-state index contributed by atoms with van der Waals surface area (Å²) < 4.78 is 6.30. The Morgan fingerprint density at radius 2 is 2.11 bits per heavy atom. The van der Waals surface area contributed by atoms with Gasteiger partial charge in [-0.15, -0.1) is 0 Å². The van der Waals surface area contributed by atoms with Gasteiger partial charge in [0.2, 0.25) is 0 Å². The molecule has 0 saturated carbocycles. The van der Waals surface area contributed by atoms with Crippen molar-refractivity contribution in [1.29, 1.82) is 0 Å². The Morgan fingerprint density at radius 1 is 1.44 bits per heavy atom. The van der Waals surface area contributed by atoms with Crippen LogP contribution in [0.1, 0.15) is 17.4 Å². The zero-order valence-electron chi connectivity index (χ0n) is 9.80. The van der Waals surface area contributed by atoms with Crippen LogP contribution in [0.25, 0.3) is 0 Å². The van der Waals surface area contributed by atoms with Crippen LogP contribution in [0.5, 0.6) is 0 Å². The Kier molecular flexibility index (Phi) is 4.30. The Hall–Kier alpha value is -2.51. The van der Waals surface area contributed by atoms with Crippen LogP contribution in [-0.4, -0.2) is 29.1 Å². The second kappa shape index (κ2) is 5.71. The molecule has 0 atom stereocenters. The summed E-state index contributed by atoms with van der Waals surface area (Å²) >= 11 is 0. The Bertz CT molecular complexity index is 480. The lowest BCUT2D eigenvalue weighted by Crippen LogP contribution is -2.37. The van der Waals surface area contributed by atoms with Crippen molar-refractivity contribution in [3.63, 3.8) is 0 Å². The SMILES string of the molecule is CCn1cc(N)cc1C(=O)OCC(=O)NC(N)=O. The number of nitrogens with one attached hydrogen (secondary N) is 1. The standard InChI is InChI=1S/C10H14N4O4/c1-2-14-4-6(11)3-7(14)9(16)18-5-8(15)13-10(12)17/h3-4H,2,5,11H2,1H3,(H3,12,13,15,17). The van der Waals surface area contributed by atoms with Gasteiger partial charge in [-0.05, 0) is 13.0 Å². The van der Waals surface area contributed by atoms with Crippen LogP contribution in [0.15, 0.2) is 12.3 Å². The summed E-state index contributed by atoms with van der Waals surface area (Å²) in [6.45, 7) is 1.78. The van der Waals surface area contributed by atoms with Crippen molar-refractivity contribution in [2.75, 3.05) is 12.3 Å². The third-order valence-electron chi connectivity index (χ3n) is 2.06. The first-order valence-electron chi connectivity index (χ1n) is 5.16. The maximum absolute atomic E-state index is 11.6. The van der Waals surface area contributed by atoms with E-state index >= 15 is 0 Å². The highest BCUT2D eigenvalue weighted by Crippen LogP contribution is 2.11. The van der Waals surface area contributed by atoms with Gasteiger partial charge in [-0.1, -0.05) is 0 Å². The number of anilines is 1. The van der Waals surface area contributed by atoms with Crippen molar-refractivity contribution < 1.29 is 19.1 Å². The zero-order valence-corrected chi connectivity index (χ0v) is 9.80. The van der Waals surface area contributed by atoms with E-state index in [1.165, 1.54) is 6.07 Å². The minimum Gasteiger partial charge on any atom is -0.451 e. The molecule has 1 aromatic heterocycles. The third kappa shape index (κ3) is 3.51. The van der Waals surface area contributed by atoms with Gasteiger partial charge in [0, 0.05) is 12.7 Å². The Labute approximate surface area is 103 Å². The number of hydrogen-bond donors (Lipinski definition) is 3. The molecular formula is C10H14N4O4. The lowest BCUT2D eigenvalue weighted by atomic mass is 10.4. The van der Waals surface area contributed by atoms with Crippen molar-refractivity contribution in [2.24, 2.45) is 5.73 Å². The smallest absolute Gasteiger partial charge is 0.355 e. The van der Waals surface area contributed by atoms with Crippen molar-refractivity contribution in [3.05, 3.63) is 18.0 Å². The molecule has 0 radical (unpaired) electrons. The van der Waals surface area contributed by atoms with Gasteiger partial charge in [-0.3, -0.25) is 10.1 Å². The number of carbonyl (C=O) groups excluding carboxylic acids is 3. The fraction of sp³-hybridized carbons (Fsp3) is 0.300. The van der Waals surface area contributed by atoms with Crippen molar-refractivity contribution in [3.8, 4) is 0 Å². The molecule has 98 valence electrons. The molecular weight excluding hydrogens is 240 g/mol. The number of carbonyl (C=O) groups is 3. The number of hydrogen-bond acceptors (Lipinski definition) is 5. The minimum absolute atomic E-state index is 0.238. The molecule has 0 aliphatic rings. The number of urea groups is 1. The van der Waals surface area contributed by atoms with Crippen molar-refractivity contribution in [1.82, 2.24) is 9.88 Å². The third-order valence-corrected chi connectivity index (χ3v) is 2.06. The molecule has 0 saturated heterocycles. The van der Waals surface area contributed by atoms with Crippen molar-refractivity contribution >= 4 is 23.6 Å². The van der Waals surface area contributed by atoms with Crippen LogP contribution in [0.4, 0.5) is 10.5 Å². The highest BCUT2D eigenvalue weighted by molar-refractivity contribution is 5.96. The summed E-state index contributed by atoms with van der Waals surface area (Å²) in [6.07, 6.45) is 1.58. The molecule has 1 aromatic rings. The van der Waals surface area contributed by atoms with E-state index in [4.69, 9.17) is 16.2 Å². The molecule has 1 rings (SSSR count). The number of nitrogens with zero attached hydrogens (tertiary/aromatic N) is 1. The second-order valence-electron chi connectivity index (χ2n) is 3.43. The van der Waals surface area contributed by atoms with Crippen LogP contribution in [0.2, 0.25) is 0 Å². The van der Waals surface area contributed by atoms with Crippen LogP contribution < -0.4 is 16.8 Å². The summed E-state index contributed by atoms with van der Waals surface area (Å²) in [4.78, 5) is 33.0. The highest BCUT2D eigenvalue weighted by Gasteiger charge is 2.15. The molecule has 18 heavy (non-hydrogen) atoms. The molecule has 0 spiro atoms. The van der Waals surface area contributed by atoms with Gasteiger partial charge in [0.05, 0.1) is 5.69 Å². The van der Waals surface area contributed by atoms with E-state index in [9.17, 15) is 14.4 Å². The molecule has 0 aromatic carbocycles. The Morgan fingerprint density at radius 3 is 2.67 bits per heavy atom. The van der Waals surface area contributed by atoms with E-state index in [1.807, 2.05) is 6.92 Å². The first kappa shape index (κ1) is 13.6. The van der Waals surface area contributed by atoms with Crippen LogP contribution >= 0.6 is 0 Å². The monoisotopic (exact) mass is 254 g/mol. The molecule has 0 aliphatic carbocycles. The van der Waals surface area contributed by atoms with E-state index < -0.39 is 24.5 Å². The zero-order chi connectivity index (χ0) is 13.7. The molecule has 8 heteroatoms. The normalized spacial score (nSPS) is 9.83. The van der Waals surface area contributed by atoms with Crippen LogP contribution in [-0.2, 0) is 16.1 Å². The molecule has 0 unspecified atom stereocenters. The molecule has 0 aliphatic heterocycles. The molecule has 3 amide bonds. The summed E-state index contributed by atoms with van der Waals surface area (Å²) in [5.41, 5.74) is 10.9. The largest absolute Gasteiger partial charge is 0.451 e.